The molecule has 1 aromatic rings. The number of nitrogens with zero attached hydrogens (tertiary/aromatic N) is 2. The van der Waals surface area contributed by atoms with E-state index in [4.69, 9.17) is 5.73 Å². The minimum Gasteiger partial charge on any atom is -0.369 e. The zero-order valence-corrected chi connectivity index (χ0v) is 16.3. The normalized spacial score (nSPS) is 19.4. The lowest BCUT2D eigenvalue weighted by atomic mass is 9.93. The second-order valence-electron chi connectivity index (χ2n) is 7.27. The van der Waals surface area contributed by atoms with Crippen LogP contribution in [-0.2, 0) is 19.6 Å². The molecule has 2 aliphatic rings. The monoisotopic (exact) mass is 412 g/mol. The van der Waals surface area contributed by atoms with Crippen LogP contribution < -0.4 is 10.5 Å². The van der Waals surface area contributed by atoms with Crippen LogP contribution in [0, 0.1) is 11.7 Å². The Morgan fingerprint density at radius 3 is 2.50 bits per heavy atom. The molecule has 2 heterocycles. The molecule has 3 rings (SSSR count). The molecule has 2 aliphatic heterocycles. The predicted octanol–water partition coefficient (Wildman–Crippen LogP) is -0.0978. The van der Waals surface area contributed by atoms with Gasteiger partial charge in [0, 0.05) is 38.0 Å². The van der Waals surface area contributed by atoms with Crippen LogP contribution in [-0.4, -0.2) is 68.8 Å². The number of carbonyl (C=O) groups excluding carboxylic acids is 2. The first-order valence-electron chi connectivity index (χ1n) is 9.32. The summed E-state index contributed by atoms with van der Waals surface area (Å²) in [6.45, 7) is 2.78. The smallest absolute Gasteiger partial charge is 0.240 e. The Hall–Kier alpha value is -2.04. The van der Waals surface area contributed by atoms with Crippen LogP contribution in [0.15, 0.2) is 29.2 Å². The highest BCUT2D eigenvalue weighted by atomic mass is 32.2. The standard InChI is InChI=1S/C18H25FN4O4S/c19-14-2-1-3-16(10-14)28(26,27)21-7-4-17(24)23-11-15(12-23)22-8-5-13(6-9-22)18(20)25/h1-3,10,13,15,21H,4-9,11-12H2,(H2,20,25). The summed E-state index contributed by atoms with van der Waals surface area (Å²) in [7, 11) is -3.84. The molecule has 0 atom stereocenters. The maximum absolute atomic E-state index is 13.2. The van der Waals surface area contributed by atoms with Crippen molar-refractivity contribution >= 4 is 21.8 Å². The largest absolute Gasteiger partial charge is 0.369 e. The van der Waals surface area contributed by atoms with Gasteiger partial charge in [-0.25, -0.2) is 17.5 Å². The van der Waals surface area contributed by atoms with Crippen LogP contribution >= 0.6 is 0 Å². The van der Waals surface area contributed by atoms with Gasteiger partial charge in [0.2, 0.25) is 21.8 Å². The molecule has 0 aromatic heterocycles. The van der Waals surface area contributed by atoms with E-state index in [0.29, 0.717) is 13.1 Å². The number of primary amides is 1. The van der Waals surface area contributed by atoms with E-state index in [0.717, 1.165) is 32.0 Å². The van der Waals surface area contributed by atoms with Crippen molar-refractivity contribution in [1.82, 2.24) is 14.5 Å². The Kier molecular flexibility index (Phi) is 6.31. The molecule has 0 spiro atoms. The number of likely N-dealkylation sites (tertiary alicyclic amines) is 2. The second kappa shape index (κ2) is 8.54. The van der Waals surface area contributed by atoms with Gasteiger partial charge in [0.15, 0.2) is 0 Å². The Morgan fingerprint density at radius 2 is 1.89 bits per heavy atom. The van der Waals surface area contributed by atoms with Gasteiger partial charge in [-0.15, -0.1) is 0 Å². The zero-order valence-electron chi connectivity index (χ0n) is 15.5. The number of nitrogens with one attached hydrogen (secondary N) is 1. The molecule has 2 saturated heterocycles. The van der Waals surface area contributed by atoms with E-state index < -0.39 is 15.8 Å². The third-order valence-electron chi connectivity index (χ3n) is 5.40. The average Bonchev–Trinajstić information content (AvgIpc) is 2.61. The lowest BCUT2D eigenvalue weighted by Gasteiger charge is -2.47. The molecular formula is C18H25FN4O4S. The van der Waals surface area contributed by atoms with Crippen molar-refractivity contribution in [1.29, 1.82) is 0 Å². The maximum Gasteiger partial charge on any atom is 0.240 e. The van der Waals surface area contributed by atoms with E-state index in [1.165, 1.54) is 18.2 Å². The van der Waals surface area contributed by atoms with Gasteiger partial charge in [0.05, 0.1) is 4.90 Å². The number of sulfonamides is 1. The lowest BCUT2D eigenvalue weighted by molar-refractivity contribution is -0.139. The molecule has 3 N–H and O–H groups in total. The van der Waals surface area contributed by atoms with Crippen molar-refractivity contribution in [3.63, 3.8) is 0 Å². The van der Waals surface area contributed by atoms with Crippen molar-refractivity contribution in [3.05, 3.63) is 30.1 Å². The number of carbonyl (C=O) groups is 2. The van der Waals surface area contributed by atoms with Crippen molar-refractivity contribution in [3.8, 4) is 0 Å². The van der Waals surface area contributed by atoms with E-state index in [1.54, 1.807) is 4.90 Å². The van der Waals surface area contributed by atoms with E-state index in [-0.39, 0.29) is 41.6 Å². The third-order valence-corrected chi connectivity index (χ3v) is 6.86. The van der Waals surface area contributed by atoms with Crippen LogP contribution in [0.5, 0.6) is 0 Å². The highest BCUT2D eigenvalue weighted by Gasteiger charge is 2.36. The van der Waals surface area contributed by atoms with Crippen molar-refractivity contribution in [2.75, 3.05) is 32.7 Å². The van der Waals surface area contributed by atoms with Gasteiger partial charge in [-0.1, -0.05) is 6.07 Å². The predicted molar refractivity (Wildman–Crippen MR) is 100 cm³/mol. The zero-order chi connectivity index (χ0) is 20.3. The van der Waals surface area contributed by atoms with Gasteiger partial charge in [-0.2, -0.15) is 0 Å². The Labute approximate surface area is 163 Å². The second-order valence-corrected chi connectivity index (χ2v) is 9.04. The molecule has 0 aliphatic carbocycles. The van der Waals surface area contributed by atoms with Crippen molar-refractivity contribution in [2.24, 2.45) is 11.7 Å². The van der Waals surface area contributed by atoms with Crippen molar-refractivity contribution < 1.29 is 22.4 Å². The molecule has 28 heavy (non-hydrogen) atoms. The summed E-state index contributed by atoms with van der Waals surface area (Å²) in [6.07, 6.45) is 1.55. The Morgan fingerprint density at radius 1 is 1.21 bits per heavy atom. The summed E-state index contributed by atoms with van der Waals surface area (Å²) in [5.74, 6) is -1.05. The quantitative estimate of drug-likeness (QED) is 0.650. The van der Waals surface area contributed by atoms with E-state index in [1.807, 2.05) is 0 Å². The average molecular weight is 412 g/mol. The maximum atomic E-state index is 13.2. The summed E-state index contributed by atoms with van der Waals surface area (Å²) < 4.78 is 39.7. The fourth-order valence-electron chi connectivity index (χ4n) is 3.61. The Balaban J connectivity index is 1.38. The Bertz CT molecular complexity index is 834. The first-order chi connectivity index (χ1) is 13.3. The van der Waals surface area contributed by atoms with Gasteiger partial charge < -0.3 is 10.6 Å². The van der Waals surface area contributed by atoms with Gasteiger partial charge in [-0.3, -0.25) is 14.5 Å². The summed E-state index contributed by atoms with van der Waals surface area (Å²) in [5, 5.41) is 0. The number of benzene rings is 1. The molecule has 0 radical (unpaired) electrons. The summed E-state index contributed by atoms with van der Waals surface area (Å²) in [6, 6.07) is 5.00. The third kappa shape index (κ3) is 4.86. The molecule has 2 fully saturated rings. The van der Waals surface area contributed by atoms with Crippen LogP contribution in [0.25, 0.3) is 0 Å². The molecule has 2 amide bonds. The van der Waals surface area contributed by atoms with Gasteiger partial charge in [0.25, 0.3) is 0 Å². The first kappa shape index (κ1) is 20.7. The molecule has 8 nitrogen and oxygen atoms in total. The molecular weight excluding hydrogens is 387 g/mol. The van der Waals surface area contributed by atoms with Gasteiger partial charge >= 0.3 is 0 Å². The molecule has 0 unspecified atom stereocenters. The molecule has 1 aromatic carbocycles. The fraction of sp³-hybridized carbons (Fsp3) is 0.556. The van der Waals surface area contributed by atoms with E-state index in [2.05, 4.69) is 9.62 Å². The highest BCUT2D eigenvalue weighted by molar-refractivity contribution is 7.89. The number of hydrogen-bond donors (Lipinski definition) is 2. The number of amides is 2. The molecule has 154 valence electrons. The lowest BCUT2D eigenvalue weighted by Crippen LogP contribution is -2.62. The van der Waals surface area contributed by atoms with Crippen LogP contribution in [0.4, 0.5) is 4.39 Å². The topological polar surface area (TPSA) is 113 Å². The van der Waals surface area contributed by atoms with E-state index >= 15 is 0 Å². The van der Waals surface area contributed by atoms with Crippen LogP contribution in [0.3, 0.4) is 0 Å². The van der Waals surface area contributed by atoms with Crippen molar-refractivity contribution in [2.45, 2.75) is 30.2 Å². The SMILES string of the molecule is NC(=O)C1CCN(C2CN(C(=O)CCNS(=O)(=O)c3cccc(F)c3)C2)CC1. The van der Waals surface area contributed by atoms with E-state index in [9.17, 15) is 22.4 Å². The van der Waals surface area contributed by atoms with Crippen LogP contribution in [0.1, 0.15) is 19.3 Å². The first-order valence-corrected chi connectivity index (χ1v) is 10.8. The summed E-state index contributed by atoms with van der Waals surface area (Å²) in [4.78, 5) is 27.2. The number of rotatable bonds is 7. The summed E-state index contributed by atoms with van der Waals surface area (Å²) >= 11 is 0. The van der Waals surface area contributed by atoms with Gasteiger partial charge in [-0.05, 0) is 44.1 Å². The molecule has 0 bridgehead atoms. The van der Waals surface area contributed by atoms with Gasteiger partial charge in [0.1, 0.15) is 5.82 Å². The summed E-state index contributed by atoms with van der Waals surface area (Å²) in [5.41, 5.74) is 5.34. The van der Waals surface area contributed by atoms with Crippen LogP contribution in [0.2, 0.25) is 0 Å². The minimum atomic E-state index is -3.84. The number of hydrogen-bond acceptors (Lipinski definition) is 5. The number of nitrogens with two attached hydrogens (primary N) is 1. The number of piperidine rings is 1. The molecule has 10 heteroatoms. The highest BCUT2D eigenvalue weighted by Crippen LogP contribution is 2.23. The minimum absolute atomic E-state index is 0.0388. The molecule has 0 saturated carbocycles. The number of halogens is 1. The fourth-order valence-corrected chi connectivity index (χ4v) is 4.67.